The van der Waals surface area contributed by atoms with Crippen molar-refractivity contribution < 1.29 is 10.0 Å². The molecule has 1 aromatic rings. The van der Waals surface area contributed by atoms with Gasteiger partial charge in [-0.3, -0.25) is 4.79 Å². The molecule has 2 rings (SSSR count). The van der Waals surface area contributed by atoms with E-state index in [0.29, 0.717) is 32.6 Å². The largest absolute Gasteiger partial charge is 0.340 e. The molecule has 1 amide bonds. The molecule has 0 spiro atoms. The highest BCUT2D eigenvalue weighted by Crippen LogP contribution is 2.19. The maximum Gasteiger partial charge on any atom is 0.223 e. The van der Waals surface area contributed by atoms with Crippen LogP contribution in [0.5, 0.6) is 0 Å². The third-order valence-corrected chi connectivity index (χ3v) is 3.46. The molecule has 0 bridgehead atoms. The van der Waals surface area contributed by atoms with E-state index in [2.05, 4.69) is 19.1 Å². The molecule has 1 aromatic carbocycles. The highest BCUT2D eigenvalue weighted by Gasteiger charge is 2.21. The molecule has 0 aromatic heterocycles. The van der Waals surface area contributed by atoms with Gasteiger partial charge in [-0.1, -0.05) is 37.3 Å². The van der Waals surface area contributed by atoms with Crippen LogP contribution in [0.25, 0.3) is 0 Å². The molecule has 1 unspecified atom stereocenters. The number of carbonyl (C=O) groups is 1. The van der Waals surface area contributed by atoms with Gasteiger partial charge in [-0.05, 0) is 11.5 Å². The monoisotopic (exact) mass is 248 g/mol. The number of benzene rings is 1. The van der Waals surface area contributed by atoms with Crippen LogP contribution >= 0.6 is 0 Å². The Morgan fingerprint density at radius 1 is 1.22 bits per heavy atom. The molecule has 4 nitrogen and oxygen atoms in total. The predicted molar refractivity (Wildman–Crippen MR) is 69.4 cm³/mol. The van der Waals surface area contributed by atoms with Crippen LogP contribution in [0.2, 0.25) is 0 Å². The number of piperazine rings is 1. The standard InChI is InChI=1S/C14H20N2O2/c1-12(13-5-3-2-4-6-13)11-14(17)15-7-9-16(18)10-8-15/h2-6,12,18H,7-11H2,1H3. The van der Waals surface area contributed by atoms with E-state index >= 15 is 0 Å². The molecule has 1 aliphatic heterocycles. The molecule has 0 saturated carbocycles. The van der Waals surface area contributed by atoms with E-state index in [0.717, 1.165) is 0 Å². The van der Waals surface area contributed by atoms with E-state index in [1.165, 1.54) is 10.6 Å². The lowest BCUT2D eigenvalue weighted by Gasteiger charge is -2.31. The summed E-state index contributed by atoms with van der Waals surface area (Å²) in [6, 6.07) is 10.1. The van der Waals surface area contributed by atoms with Crippen molar-refractivity contribution in [1.29, 1.82) is 0 Å². The fourth-order valence-corrected chi connectivity index (χ4v) is 2.24. The Balaban J connectivity index is 1.87. The topological polar surface area (TPSA) is 43.8 Å². The first kappa shape index (κ1) is 13.1. The van der Waals surface area contributed by atoms with Gasteiger partial charge in [0.05, 0.1) is 0 Å². The minimum Gasteiger partial charge on any atom is -0.340 e. The summed E-state index contributed by atoms with van der Waals surface area (Å²) < 4.78 is 0. The molecule has 1 atom stereocenters. The Hall–Kier alpha value is -1.39. The van der Waals surface area contributed by atoms with Crippen LogP contribution in [0.4, 0.5) is 0 Å². The lowest BCUT2D eigenvalue weighted by molar-refractivity contribution is -0.146. The highest BCUT2D eigenvalue weighted by atomic mass is 16.5. The van der Waals surface area contributed by atoms with Gasteiger partial charge in [0, 0.05) is 32.6 Å². The van der Waals surface area contributed by atoms with Gasteiger partial charge < -0.3 is 10.1 Å². The summed E-state index contributed by atoms with van der Waals surface area (Å²) in [5, 5.41) is 10.5. The fourth-order valence-electron chi connectivity index (χ4n) is 2.24. The molecule has 0 aliphatic carbocycles. The zero-order chi connectivity index (χ0) is 13.0. The lowest BCUT2D eigenvalue weighted by Crippen LogP contribution is -2.47. The van der Waals surface area contributed by atoms with Crippen LogP contribution in [0.15, 0.2) is 30.3 Å². The van der Waals surface area contributed by atoms with Crippen molar-refractivity contribution in [3.05, 3.63) is 35.9 Å². The van der Waals surface area contributed by atoms with Gasteiger partial charge in [-0.15, -0.1) is 0 Å². The van der Waals surface area contributed by atoms with Crippen molar-refractivity contribution in [3.8, 4) is 0 Å². The van der Waals surface area contributed by atoms with E-state index in [-0.39, 0.29) is 11.8 Å². The zero-order valence-corrected chi connectivity index (χ0v) is 10.7. The first-order valence-corrected chi connectivity index (χ1v) is 6.43. The number of carbonyl (C=O) groups excluding carboxylic acids is 1. The van der Waals surface area contributed by atoms with Crippen molar-refractivity contribution in [3.63, 3.8) is 0 Å². The van der Waals surface area contributed by atoms with Gasteiger partial charge in [0.25, 0.3) is 0 Å². The number of hydrogen-bond donors (Lipinski definition) is 1. The normalized spacial score (nSPS) is 18.7. The van der Waals surface area contributed by atoms with Gasteiger partial charge in [0.2, 0.25) is 5.91 Å². The number of hydrogen-bond acceptors (Lipinski definition) is 3. The molecule has 1 heterocycles. The van der Waals surface area contributed by atoms with Crippen LogP contribution in [-0.2, 0) is 4.79 Å². The molecule has 1 fully saturated rings. The number of nitrogens with zero attached hydrogens (tertiary/aromatic N) is 2. The van der Waals surface area contributed by atoms with Gasteiger partial charge in [0.15, 0.2) is 0 Å². The summed E-state index contributed by atoms with van der Waals surface area (Å²) in [6.45, 7) is 4.42. The Morgan fingerprint density at radius 3 is 2.44 bits per heavy atom. The van der Waals surface area contributed by atoms with Gasteiger partial charge >= 0.3 is 0 Å². The maximum absolute atomic E-state index is 12.1. The SMILES string of the molecule is CC(CC(=O)N1CCN(O)CC1)c1ccccc1. The Labute approximate surface area is 108 Å². The fraction of sp³-hybridized carbons (Fsp3) is 0.500. The first-order chi connectivity index (χ1) is 8.66. The molecule has 0 radical (unpaired) electrons. The molecule has 18 heavy (non-hydrogen) atoms. The molecular formula is C14H20N2O2. The van der Waals surface area contributed by atoms with Crippen LogP contribution in [0.3, 0.4) is 0 Å². The molecule has 1 N–H and O–H groups in total. The van der Waals surface area contributed by atoms with E-state index < -0.39 is 0 Å². The Kier molecular flexibility index (Phi) is 4.33. The van der Waals surface area contributed by atoms with Crippen molar-refractivity contribution >= 4 is 5.91 Å². The maximum atomic E-state index is 12.1. The minimum atomic E-state index is 0.180. The summed E-state index contributed by atoms with van der Waals surface area (Å²) >= 11 is 0. The van der Waals surface area contributed by atoms with Crippen molar-refractivity contribution in [2.75, 3.05) is 26.2 Å². The van der Waals surface area contributed by atoms with Gasteiger partial charge in [-0.25, -0.2) is 0 Å². The van der Waals surface area contributed by atoms with E-state index in [4.69, 9.17) is 0 Å². The second-order valence-corrected chi connectivity index (χ2v) is 4.85. The van der Waals surface area contributed by atoms with Gasteiger partial charge in [0.1, 0.15) is 0 Å². The van der Waals surface area contributed by atoms with Crippen molar-refractivity contribution in [1.82, 2.24) is 9.96 Å². The summed E-state index contributed by atoms with van der Waals surface area (Å²) in [5.41, 5.74) is 1.20. The molecule has 98 valence electrons. The molecule has 1 saturated heterocycles. The molecular weight excluding hydrogens is 228 g/mol. The summed E-state index contributed by atoms with van der Waals surface area (Å²) in [6.07, 6.45) is 0.537. The van der Waals surface area contributed by atoms with Crippen LogP contribution in [-0.4, -0.2) is 47.3 Å². The number of rotatable bonds is 3. The van der Waals surface area contributed by atoms with E-state index in [1.807, 2.05) is 23.1 Å². The van der Waals surface area contributed by atoms with Crippen LogP contribution in [0, 0.1) is 0 Å². The third-order valence-electron chi connectivity index (χ3n) is 3.46. The minimum absolute atomic E-state index is 0.180. The highest BCUT2D eigenvalue weighted by molar-refractivity contribution is 5.77. The van der Waals surface area contributed by atoms with Crippen LogP contribution < -0.4 is 0 Å². The van der Waals surface area contributed by atoms with Crippen molar-refractivity contribution in [2.45, 2.75) is 19.3 Å². The quantitative estimate of drug-likeness (QED) is 0.885. The summed E-state index contributed by atoms with van der Waals surface area (Å²) in [7, 11) is 0. The van der Waals surface area contributed by atoms with Crippen LogP contribution in [0.1, 0.15) is 24.8 Å². The van der Waals surface area contributed by atoms with E-state index in [1.54, 1.807) is 0 Å². The second kappa shape index (κ2) is 5.98. The number of hydroxylamine groups is 2. The average Bonchev–Trinajstić information content (AvgIpc) is 2.40. The third kappa shape index (κ3) is 3.31. The summed E-state index contributed by atoms with van der Waals surface area (Å²) in [5.74, 6) is 0.422. The Morgan fingerprint density at radius 2 is 1.83 bits per heavy atom. The smallest absolute Gasteiger partial charge is 0.223 e. The molecule has 4 heteroatoms. The number of amides is 1. The van der Waals surface area contributed by atoms with Crippen molar-refractivity contribution in [2.24, 2.45) is 0 Å². The molecule has 1 aliphatic rings. The lowest BCUT2D eigenvalue weighted by atomic mass is 9.97. The zero-order valence-electron chi connectivity index (χ0n) is 10.7. The second-order valence-electron chi connectivity index (χ2n) is 4.85. The predicted octanol–water partition coefficient (Wildman–Crippen LogP) is 1.71. The average molecular weight is 248 g/mol. The Bertz CT molecular complexity index is 386. The van der Waals surface area contributed by atoms with E-state index in [9.17, 15) is 10.0 Å². The first-order valence-electron chi connectivity index (χ1n) is 6.43. The van der Waals surface area contributed by atoms with Gasteiger partial charge in [-0.2, -0.15) is 5.06 Å². The summed E-state index contributed by atoms with van der Waals surface area (Å²) in [4.78, 5) is 14.0.